The maximum absolute atomic E-state index is 11.1. The van der Waals surface area contributed by atoms with Crippen molar-refractivity contribution >= 4 is 19.7 Å². The third kappa shape index (κ3) is 2.09. The standard InChI is InChI=1S/C8H13ClN2O2S/c1-8(2,3)7-10-5-6(11(7)4)14(9,12)13/h5H,1-4H3. The van der Waals surface area contributed by atoms with Crippen molar-refractivity contribution < 1.29 is 8.42 Å². The largest absolute Gasteiger partial charge is 0.321 e. The van der Waals surface area contributed by atoms with Gasteiger partial charge in [0, 0.05) is 23.1 Å². The molecule has 14 heavy (non-hydrogen) atoms. The minimum atomic E-state index is -3.70. The van der Waals surface area contributed by atoms with Crippen LogP contribution in [0.4, 0.5) is 0 Å². The first kappa shape index (κ1) is 11.5. The number of hydrogen-bond acceptors (Lipinski definition) is 3. The Morgan fingerprint density at radius 3 is 2.14 bits per heavy atom. The van der Waals surface area contributed by atoms with Crippen molar-refractivity contribution in [3.05, 3.63) is 12.0 Å². The number of imidazole rings is 1. The van der Waals surface area contributed by atoms with Crippen molar-refractivity contribution in [2.24, 2.45) is 7.05 Å². The summed E-state index contributed by atoms with van der Waals surface area (Å²) >= 11 is 0. The van der Waals surface area contributed by atoms with Crippen LogP contribution in [0, 0.1) is 0 Å². The number of nitrogens with zero attached hydrogens (tertiary/aromatic N) is 2. The van der Waals surface area contributed by atoms with Crippen molar-refractivity contribution in [3.8, 4) is 0 Å². The zero-order valence-corrected chi connectivity index (χ0v) is 10.1. The molecule has 0 N–H and O–H groups in total. The molecule has 1 heterocycles. The van der Waals surface area contributed by atoms with Crippen LogP contribution in [0.5, 0.6) is 0 Å². The predicted octanol–water partition coefficient (Wildman–Crippen LogP) is 1.65. The van der Waals surface area contributed by atoms with Crippen LogP contribution in [0.25, 0.3) is 0 Å². The summed E-state index contributed by atoms with van der Waals surface area (Å²) in [7, 11) is 3.18. The lowest BCUT2D eigenvalue weighted by molar-refractivity contribution is 0.510. The lowest BCUT2D eigenvalue weighted by Crippen LogP contribution is -2.18. The number of aromatic nitrogens is 2. The maximum Gasteiger partial charge on any atom is 0.278 e. The van der Waals surface area contributed by atoms with Gasteiger partial charge in [-0.3, -0.25) is 0 Å². The molecular formula is C8H13ClN2O2S. The van der Waals surface area contributed by atoms with Gasteiger partial charge in [0.1, 0.15) is 5.82 Å². The topological polar surface area (TPSA) is 52.0 Å². The van der Waals surface area contributed by atoms with E-state index in [0.717, 1.165) is 0 Å². The second-order valence-electron chi connectivity index (χ2n) is 4.17. The molecule has 0 saturated heterocycles. The molecule has 6 heteroatoms. The first-order valence-electron chi connectivity index (χ1n) is 4.11. The second-order valence-corrected chi connectivity index (χ2v) is 6.68. The highest BCUT2D eigenvalue weighted by Crippen LogP contribution is 2.24. The fourth-order valence-electron chi connectivity index (χ4n) is 1.32. The molecule has 0 saturated carbocycles. The number of halogens is 1. The van der Waals surface area contributed by atoms with Crippen molar-refractivity contribution in [1.29, 1.82) is 0 Å². The highest BCUT2D eigenvalue weighted by atomic mass is 35.7. The van der Waals surface area contributed by atoms with Gasteiger partial charge in [-0.15, -0.1) is 0 Å². The molecule has 0 aromatic carbocycles. The molecule has 0 fully saturated rings. The van der Waals surface area contributed by atoms with Crippen LogP contribution >= 0.6 is 10.7 Å². The van der Waals surface area contributed by atoms with Gasteiger partial charge in [0.25, 0.3) is 9.05 Å². The van der Waals surface area contributed by atoms with Crippen LogP contribution in [-0.4, -0.2) is 18.0 Å². The molecule has 4 nitrogen and oxygen atoms in total. The first-order chi connectivity index (χ1) is 6.14. The lowest BCUT2D eigenvalue weighted by atomic mass is 9.96. The van der Waals surface area contributed by atoms with Gasteiger partial charge in [0.05, 0.1) is 6.20 Å². The van der Waals surface area contributed by atoms with E-state index >= 15 is 0 Å². The van der Waals surface area contributed by atoms with Gasteiger partial charge < -0.3 is 4.57 Å². The van der Waals surface area contributed by atoms with Gasteiger partial charge in [-0.2, -0.15) is 0 Å². The zero-order chi connectivity index (χ0) is 11.1. The quantitative estimate of drug-likeness (QED) is 0.697. The Morgan fingerprint density at radius 2 is 1.93 bits per heavy atom. The summed E-state index contributed by atoms with van der Waals surface area (Å²) in [5, 5.41) is 0.0316. The second kappa shape index (κ2) is 3.24. The summed E-state index contributed by atoms with van der Waals surface area (Å²) < 4.78 is 23.7. The zero-order valence-electron chi connectivity index (χ0n) is 8.57. The summed E-state index contributed by atoms with van der Waals surface area (Å²) in [6.07, 6.45) is 1.28. The Labute approximate surface area is 88.3 Å². The minimum Gasteiger partial charge on any atom is -0.321 e. The minimum absolute atomic E-state index is 0.0316. The highest BCUT2D eigenvalue weighted by molar-refractivity contribution is 8.13. The van der Waals surface area contributed by atoms with E-state index in [2.05, 4.69) is 4.98 Å². The highest BCUT2D eigenvalue weighted by Gasteiger charge is 2.24. The summed E-state index contributed by atoms with van der Waals surface area (Å²) in [6.45, 7) is 5.87. The van der Waals surface area contributed by atoms with Crippen LogP contribution < -0.4 is 0 Å². The summed E-state index contributed by atoms with van der Waals surface area (Å²) in [4.78, 5) is 4.05. The molecule has 0 aliphatic heterocycles. The molecule has 0 aliphatic carbocycles. The van der Waals surface area contributed by atoms with Gasteiger partial charge in [-0.1, -0.05) is 20.8 Å². The van der Waals surface area contributed by atoms with E-state index in [1.807, 2.05) is 20.8 Å². The van der Waals surface area contributed by atoms with Crippen molar-refractivity contribution in [2.75, 3.05) is 0 Å². The molecule has 0 radical (unpaired) electrons. The van der Waals surface area contributed by atoms with E-state index in [0.29, 0.717) is 5.82 Å². The molecule has 1 rings (SSSR count). The smallest absolute Gasteiger partial charge is 0.278 e. The monoisotopic (exact) mass is 236 g/mol. The lowest BCUT2D eigenvalue weighted by Gasteiger charge is -2.17. The van der Waals surface area contributed by atoms with Gasteiger partial charge in [0.15, 0.2) is 5.03 Å². The van der Waals surface area contributed by atoms with E-state index in [4.69, 9.17) is 10.7 Å². The molecule has 0 aliphatic rings. The van der Waals surface area contributed by atoms with Crippen molar-refractivity contribution in [2.45, 2.75) is 31.2 Å². The molecule has 1 aromatic rings. The van der Waals surface area contributed by atoms with Gasteiger partial charge in [-0.05, 0) is 0 Å². The maximum atomic E-state index is 11.1. The first-order valence-corrected chi connectivity index (χ1v) is 6.42. The molecule has 0 spiro atoms. The Bertz CT molecular complexity index is 442. The third-order valence-corrected chi connectivity index (χ3v) is 3.22. The van der Waals surface area contributed by atoms with Crippen molar-refractivity contribution in [3.63, 3.8) is 0 Å². The third-order valence-electron chi connectivity index (χ3n) is 1.87. The summed E-state index contributed by atoms with van der Waals surface area (Å²) in [5.41, 5.74) is -0.200. The molecular weight excluding hydrogens is 224 g/mol. The average Bonchev–Trinajstić information content (AvgIpc) is 2.26. The van der Waals surface area contributed by atoms with Crippen LogP contribution in [0.3, 0.4) is 0 Å². The molecule has 1 aromatic heterocycles. The van der Waals surface area contributed by atoms with Crippen LogP contribution in [0.2, 0.25) is 0 Å². The number of rotatable bonds is 1. The van der Waals surface area contributed by atoms with E-state index in [-0.39, 0.29) is 10.4 Å². The molecule has 0 bridgehead atoms. The van der Waals surface area contributed by atoms with E-state index in [1.54, 1.807) is 7.05 Å². The predicted molar refractivity (Wildman–Crippen MR) is 54.9 cm³/mol. The Hall–Kier alpha value is -0.550. The normalized spacial score (nSPS) is 13.2. The molecule has 0 atom stereocenters. The molecule has 80 valence electrons. The SMILES string of the molecule is Cn1c(S(=O)(=O)Cl)cnc1C(C)(C)C. The summed E-state index contributed by atoms with van der Waals surface area (Å²) in [6, 6.07) is 0. The molecule has 0 unspecified atom stereocenters. The summed E-state index contributed by atoms with van der Waals surface area (Å²) in [5.74, 6) is 0.691. The Morgan fingerprint density at radius 1 is 1.43 bits per heavy atom. The van der Waals surface area contributed by atoms with E-state index in [1.165, 1.54) is 10.8 Å². The van der Waals surface area contributed by atoms with Crippen LogP contribution in [0.1, 0.15) is 26.6 Å². The Balaban J connectivity index is 3.37. The average molecular weight is 237 g/mol. The Kier molecular flexibility index (Phi) is 2.67. The van der Waals surface area contributed by atoms with Gasteiger partial charge in [-0.25, -0.2) is 13.4 Å². The van der Waals surface area contributed by atoms with Crippen molar-refractivity contribution in [1.82, 2.24) is 9.55 Å². The van der Waals surface area contributed by atoms with Crippen LogP contribution in [-0.2, 0) is 21.5 Å². The van der Waals surface area contributed by atoms with Gasteiger partial charge in [0.2, 0.25) is 0 Å². The van der Waals surface area contributed by atoms with Crippen LogP contribution in [0.15, 0.2) is 11.2 Å². The van der Waals surface area contributed by atoms with E-state index in [9.17, 15) is 8.42 Å². The van der Waals surface area contributed by atoms with E-state index < -0.39 is 9.05 Å². The fraction of sp³-hybridized carbons (Fsp3) is 0.625. The molecule has 0 amide bonds. The number of hydrogen-bond donors (Lipinski definition) is 0. The fourth-order valence-corrected chi connectivity index (χ4v) is 2.34. The van der Waals surface area contributed by atoms with Gasteiger partial charge >= 0.3 is 0 Å².